The number of halogens is 1. The summed E-state index contributed by atoms with van der Waals surface area (Å²) in [6.07, 6.45) is 2.02. The van der Waals surface area contributed by atoms with E-state index < -0.39 is 0 Å². The maximum absolute atomic E-state index is 4.91. The maximum atomic E-state index is 4.91. The van der Waals surface area contributed by atoms with Crippen molar-refractivity contribution >= 4 is 32.5 Å². The Morgan fingerprint density at radius 3 is 2.55 bits per heavy atom. The Hall–Kier alpha value is -1.09. The van der Waals surface area contributed by atoms with Crippen LogP contribution in [0.4, 0.5) is 5.69 Å². The van der Waals surface area contributed by atoms with Crippen molar-refractivity contribution < 1.29 is 0 Å². The molecule has 1 N–H and O–H groups in total. The topological polar surface area (TPSA) is 24.9 Å². The van der Waals surface area contributed by atoms with Gasteiger partial charge < -0.3 is 5.32 Å². The number of pyridine rings is 1. The molecule has 0 amide bonds. The van der Waals surface area contributed by atoms with Crippen LogP contribution in [0.2, 0.25) is 0 Å². The molecule has 1 aromatic heterocycles. The summed E-state index contributed by atoms with van der Waals surface area (Å²) in [7, 11) is 0. The zero-order valence-electron chi connectivity index (χ0n) is 12.8. The van der Waals surface area contributed by atoms with Crippen molar-refractivity contribution in [1.82, 2.24) is 4.98 Å². The molecule has 0 unspecified atom stereocenters. The van der Waals surface area contributed by atoms with Crippen LogP contribution in [0.25, 0.3) is 10.9 Å². The van der Waals surface area contributed by atoms with Crippen LogP contribution >= 0.6 is 15.9 Å². The average Bonchev–Trinajstić information content (AvgIpc) is 2.38. The summed E-state index contributed by atoms with van der Waals surface area (Å²) < 4.78 is 1.12. The number of rotatable bonds is 5. The predicted molar refractivity (Wildman–Crippen MR) is 91.5 cm³/mol. The van der Waals surface area contributed by atoms with Crippen molar-refractivity contribution in [2.75, 3.05) is 11.9 Å². The lowest BCUT2D eigenvalue weighted by Crippen LogP contribution is -2.04. The summed E-state index contributed by atoms with van der Waals surface area (Å²) in [4.78, 5) is 4.91. The lowest BCUT2D eigenvalue weighted by Gasteiger charge is -2.14. The van der Waals surface area contributed by atoms with Crippen LogP contribution in [0.3, 0.4) is 0 Å². The third kappa shape index (κ3) is 3.32. The zero-order valence-corrected chi connectivity index (χ0v) is 14.3. The second-order valence-corrected chi connectivity index (χ2v) is 6.52. The van der Waals surface area contributed by atoms with Gasteiger partial charge in [0.25, 0.3) is 0 Å². The van der Waals surface area contributed by atoms with Gasteiger partial charge in [-0.3, -0.25) is 4.98 Å². The van der Waals surface area contributed by atoms with Gasteiger partial charge in [0.2, 0.25) is 0 Å². The molecule has 0 atom stereocenters. The van der Waals surface area contributed by atoms with Crippen LogP contribution in [0, 0.1) is 5.92 Å². The highest BCUT2D eigenvalue weighted by Crippen LogP contribution is 2.30. The van der Waals surface area contributed by atoms with Gasteiger partial charge in [0.05, 0.1) is 5.52 Å². The van der Waals surface area contributed by atoms with Gasteiger partial charge in [-0.15, -0.1) is 0 Å². The number of anilines is 1. The minimum atomic E-state index is 0.620. The van der Waals surface area contributed by atoms with Gasteiger partial charge >= 0.3 is 0 Å². The second kappa shape index (κ2) is 6.57. The maximum Gasteiger partial charge on any atom is 0.0758 e. The third-order valence-electron chi connectivity index (χ3n) is 3.38. The highest BCUT2D eigenvalue weighted by molar-refractivity contribution is 9.10. The van der Waals surface area contributed by atoms with Crippen LogP contribution in [0.1, 0.15) is 39.0 Å². The molecule has 2 nitrogen and oxygen atoms in total. The SMILES string of the molecule is CCNc1cc(CC(C)C)nc2c(CC)cc(Br)cc12. The molecule has 20 heavy (non-hydrogen) atoms. The van der Waals surface area contributed by atoms with Gasteiger partial charge in [-0.05, 0) is 49.4 Å². The van der Waals surface area contributed by atoms with E-state index in [1.165, 1.54) is 22.3 Å². The monoisotopic (exact) mass is 334 g/mol. The Kier molecular flexibility index (Phi) is 5.03. The molecule has 2 rings (SSSR count). The van der Waals surface area contributed by atoms with Gasteiger partial charge in [0.1, 0.15) is 0 Å². The van der Waals surface area contributed by atoms with Crippen LogP contribution in [-0.2, 0) is 12.8 Å². The van der Waals surface area contributed by atoms with E-state index in [4.69, 9.17) is 4.98 Å². The predicted octanol–water partition coefficient (Wildman–Crippen LogP) is 5.19. The summed E-state index contributed by atoms with van der Waals surface area (Å²) >= 11 is 3.61. The molecule has 0 bridgehead atoms. The number of hydrogen-bond donors (Lipinski definition) is 1. The summed E-state index contributed by atoms with van der Waals surface area (Å²) in [5, 5.41) is 4.70. The number of hydrogen-bond acceptors (Lipinski definition) is 2. The minimum absolute atomic E-state index is 0.620. The smallest absolute Gasteiger partial charge is 0.0758 e. The average molecular weight is 335 g/mol. The third-order valence-corrected chi connectivity index (χ3v) is 3.83. The van der Waals surface area contributed by atoms with Crippen molar-refractivity contribution in [3.63, 3.8) is 0 Å². The molecular formula is C17H23BrN2. The summed E-state index contributed by atoms with van der Waals surface area (Å²) in [5.41, 5.74) is 4.83. The molecule has 0 fully saturated rings. The fourth-order valence-corrected chi connectivity index (χ4v) is 3.05. The van der Waals surface area contributed by atoms with E-state index in [-0.39, 0.29) is 0 Å². The van der Waals surface area contributed by atoms with Crippen LogP contribution in [0.5, 0.6) is 0 Å². The Bertz CT molecular complexity index is 605. The van der Waals surface area contributed by atoms with E-state index in [9.17, 15) is 0 Å². The number of benzene rings is 1. The van der Waals surface area contributed by atoms with Crippen molar-refractivity contribution in [3.05, 3.63) is 33.9 Å². The number of nitrogens with one attached hydrogen (secondary N) is 1. The van der Waals surface area contributed by atoms with Crippen molar-refractivity contribution in [2.24, 2.45) is 5.92 Å². The Labute approximate surface area is 130 Å². The Morgan fingerprint density at radius 2 is 1.95 bits per heavy atom. The normalized spacial score (nSPS) is 11.3. The Balaban J connectivity index is 2.67. The lowest BCUT2D eigenvalue weighted by atomic mass is 10.0. The molecule has 0 saturated carbocycles. The minimum Gasteiger partial charge on any atom is -0.385 e. The standard InChI is InChI=1S/C17H23BrN2/c1-5-12-8-13(18)9-15-16(19-6-2)10-14(7-11(3)4)20-17(12)15/h8-11H,5-7H2,1-4H3,(H,19,20). The molecule has 0 radical (unpaired) electrons. The zero-order chi connectivity index (χ0) is 14.7. The number of aromatic nitrogens is 1. The first-order valence-corrected chi connectivity index (χ1v) is 8.20. The van der Waals surface area contributed by atoms with E-state index in [0.29, 0.717) is 5.92 Å². The summed E-state index contributed by atoms with van der Waals surface area (Å²) in [6, 6.07) is 6.56. The summed E-state index contributed by atoms with van der Waals surface area (Å²) in [6.45, 7) is 9.72. The summed E-state index contributed by atoms with van der Waals surface area (Å²) in [5.74, 6) is 0.620. The van der Waals surface area contributed by atoms with E-state index >= 15 is 0 Å². The van der Waals surface area contributed by atoms with Crippen molar-refractivity contribution in [2.45, 2.75) is 40.5 Å². The molecule has 3 heteroatoms. The molecule has 1 heterocycles. The molecule has 0 spiro atoms. The first kappa shape index (κ1) is 15.3. The lowest BCUT2D eigenvalue weighted by molar-refractivity contribution is 0.637. The molecule has 2 aromatic rings. The molecular weight excluding hydrogens is 312 g/mol. The van der Waals surface area contributed by atoms with Crippen LogP contribution in [0.15, 0.2) is 22.7 Å². The van der Waals surface area contributed by atoms with E-state index in [2.05, 4.69) is 67.1 Å². The van der Waals surface area contributed by atoms with Gasteiger partial charge in [0, 0.05) is 27.8 Å². The van der Waals surface area contributed by atoms with Gasteiger partial charge in [-0.1, -0.05) is 36.7 Å². The molecule has 108 valence electrons. The van der Waals surface area contributed by atoms with Gasteiger partial charge in [-0.2, -0.15) is 0 Å². The number of aryl methyl sites for hydroxylation is 1. The van der Waals surface area contributed by atoms with Gasteiger partial charge in [-0.25, -0.2) is 0 Å². The van der Waals surface area contributed by atoms with Crippen molar-refractivity contribution in [3.8, 4) is 0 Å². The largest absolute Gasteiger partial charge is 0.385 e. The van der Waals surface area contributed by atoms with Crippen molar-refractivity contribution in [1.29, 1.82) is 0 Å². The second-order valence-electron chi connectivity index (χ2n) is 5.60. The molecule has 0 aliphatic heterocycles. The highest BCUT2D eigenvalue weighted by atomic mass is 79.9. The molecule has 0 aliphatic rings. The van der Waals surface area contributed by atoms with Gasteiger partial charge in [0.15, 0.2) is 0 Å². The fourth-order valence-electron chi connectivity index (χ4n) is 2.54. The quantitative estimate of drug-likeness (QED) is 0.813. The molecule has 0 aliphatic carbocycles. The molecule has 0 saturated heterocycles. The van der Waals surface area contributed by atoms with Crippen LogP contribution < -0.4 is 5.32 Å². The fraction of sp³-hybridized carbons (Fsp3) is 0.471. The molecule has 1 aromatic carbocycles. The first-order valence-electron chi connectivity index (χ1n) is 7.41. The van der Waals surface area contributed by atoms with E-state index in [1.807, 2.05) is 0 Å². The van der Waals surface area contributed by atoms with E-state index in [1.54, 1.807) is 0 Å². The first-order chi connectivity index (χ1) is 9.55. The number of fused-ring (bicyclic) bond motifs is 1. The number of nitrogens with zero attached hydrogens (tertiary/aromatic N) is 1. The Morgan fingerprint density at radius 1 is 1.20 bits per heavy atom. The van der Waals surface area contributed by atoms with Crippen LogP contribution in [-0.4, -0.2) is 11.5 Å². The van der Waals surface area contributed by atoms with E-state index in [0.717, 1.165) is 29.4 Å². The highest BCUT2D eigenvalue weighted by Gasteiger charge is 2.11.